The summed E-state index contributed by atoms with van der Waals surface area (Å²) in [6, 6.07) is 4.75. The van der Waals surface area contributed by atoms with Crippen LogP contribution in [0.3, 0.4) is 0 Å². The van der Waals surface area contributed by atoms with E-state index in [9.17, 15) is 14.7 Å². The number of carbonyl (C=O) groups is 2. The molecule has 0 saturated carbocycles. The smallest absolute Gasteiger partial charge is 0.412 e. The van der Waals surface area contributed by atoms with Gasteiger partial charge >= 0.3 is 12.1 Å². The molecule has 1 rings (SSSR count). The van der Waals surface area contributed by atoms with E-state index in [2.05, 4.69) is 10.1 Å². The second kappa shape index (κ2) is 6.58. The topological polar surface area (TPSA) is 84.9 Å². The van der Waals surface area contributed by atoms with Crippen LogP contribution in [-0.4, -0.2) is 29.9 Å². The number of esters is 1. The SMILES string of the molecule is COC(=O)C(O)c1ccc(NC(=O)OC(C)(C)C)c(C)c1. The Hall–Kier alpha value is -2.08. The summed E-state index contributed by atoms with van der Waals surface area (Å²) < 4.78 is 9.63. The van der Waals surface area contributed by atoms with Crippen LogP contribution in [-0.2, 0) is 14.3 Å². The van der Waals surface area contributed by atoms with Crippen LogP contribution in [0.15, 0.2) is 18.2 Å². The number of aliphatic hydroxyl groups is 1. The molecule has 0 fully saturated rings. The molecule has 21 heavy (non-hydrogen) atoms. The minimum Gasteiger partial charge on any atom is -0.467 e. The summed E-state index contributed by atoms with van der Waals surface area (Å²) in [5.41, 5.74) is 1.06. The average molecular weight is 295 g/mol. The zero-order chi connectivity index (χ0) is 16.2. The van der Waals surface area contributed by atoms with E-state index in [-0.39, 0.29) is 0 Å². The first-order valence-electron chi connectivity index (χ1n) is 6.50. The molecular formula is C15H21NO5. The lowest BCUT2D eigenvalue weighted by atomic mass is 10.1. The number of methoxy groups -OCH3 is 1. The van der Waals surface area contributed by atoms with Crippen LogP contribution in [0.1, 0.15) is 38.0 Å². The van der Waals surface area contributed by atoms with Crippen molar-refractivity contribution in [1.82, 2.24) is 0 Å². The molecule has 0 radical (unpaired) electrons. The van der Waals surface area contributed by atoms with Gasteiger partial charge in [-0.3, -0.25) is 5.32 Å². The van der Waals surface area contributed by atoms with Crippen molar-refractivity contribution in [3.05, 3.63) is 29.3 Å². The minimum atomic E-state index is -1.34. The monoisotopic (exact) mass is 295 g/mol. The van der Waals surface area contributed by atoms with Crippen LogP contribution in [0.25, 0.3) is 0 Å². The number of aliphatic hydroxyl groups excluding tert-OH is 1. The molecule has 6 heteroatoms. The second-order valence-electron chi connectivity index (χ2n) is 5.63. The van der Waals surface area contributed by atoms with Gasteiger partial charge in [0.1, 0.15) is 5.60 Å². The fourth-order valence-corrected chi connectivity index (χ4v) is 1.66. The molecule has 2 N–H and O–H groups in total. The molecule has 0 aliphatic heterocycles. The van der Waals surface area contributed by atoms with Gasteiger partial charge in [-0.2, -0.15) is 0 Å². The molecule has 0 saturated heterocycles. The highest BCUT2D eigenvalue weighted by Crippen LogP contribution is 2.22. The molecule has 0 bridgehead atoms. The predicted molar refractivity (Wildman–Crippen MR) is 78.0 cm³/mol. The third-order valence-corrected chi connectivity index (χ3v) is 2.63. The summed E-state index contributed by atoms with van der Waals surface area (Å²) in [6.07, 6.45) is -1.91. The Morgan fingerprint density at radius 1 is 1.29 bits per heavy atom. The van der Waals surface area contributed by atoms with E-state index >= 15 is 0 Å². The Bertz CT molecular complexity index is 533. The van der Waals surface area contributed by atoms with Gasteiger partial charge in [-0.15, -0.1) is 0 Å². The number of benzene rings is 1. The summed E-state index contributed by atoms with van der Waals surface area (Å²) in [4.78, 5) is 23.0. The molecule has 1 aromatic carbocycles. The first-order valence-corrected chi connectivity index (χ1v) is 6.50. The molecular weight excluding hydrogens is 274 g/mol. The molecule has 0 aromatic heterocycles. The Morgan fingerprint density at radius 3 is 2.38 bits per heavy atom. The number of nitrogens with one attached hydrogen (secondary N) is 1. The van der Waals surface area contributed by atoms with E-state index in [0.29, 0.717) is 16.8 Å². The molecule has 6 nitrogen and oxygen atoms in total. The van der Waals surface area contributed by atoms with E-state index in [1.165, 1.54) is 7.11 Å². The van der Waals surface area contributed by atoms with Crippen LogP contribution in [0.5, 0.6) is 0 Å². The number of aryl methyl sites for hydroxylation is 1. The normalized spacial score (nSPS) is 12.5. The van der Waals surface area contributed by atoms with Crippen molar-refractivity contribution in [3.63, 3.8) is 0 Å². The Balaban J connectivity index is 2.84. The third-order valence-electron chi connectivity index (χ3n) is 2.63. The van der Waals surface area contributed by atoms with Crippen LogP contribution < -0.4 is 5.32 Å². The highest BCUT2D eigenvalue weighted by Gasteiger charge is 2.20. The lowest BCUT2D eigenvalue weighted by molar-refractivity contribution is -0.150. The molecule has 0 aliphatic rings. The third kappa shape index (κ3) is 5.07. The molecule has 0 heterocycles. The lowest BCUT2D eigenvalue weighted by Crippen LogP contribution is -2.27. The molecule has 0 aliphatic carbocycles. The maximum Gasteiger partial charge on any atom is 0.412 e. The minimum absolute atomic E-state index is 0.397. The fraction of sp³-hybridized carbons (Fsp3) is 0.467. The molecule has 116 valence electrons. The Morgan fingerprint density at radius 2 is 1.90 bits per heavy atom. The maximum atomic E-state index is 11.7. The van der Waals surface area contributed by atoms with Gasteiger partial charge in [0.15, 0.2) is 6.10 Å². The van der Waals surface area contributed by atoms with Gasteiger partial charge in [-0.05, 0) is 44.9 Å². The van der Waals surface area contributed by atoms with E-state index in [1.54, 1.807) is 45.9 Å². The van der Waals surface area contributed by atoms with Crippen molar-refractivity contribution in [2.75, 3.05) is 12.4 Å². The Kier molecular flexibility index (Phi) is 5.32. The number of hydrogen-bond acceptors (Lipinski definition) is 5. The molecule has 1 amide bonds. The average Bonchev–Trinajstić information content (AvgIpc) is 2.37. The number of rotatable bonds is 3. The maximum absolute atomic E-state index is 11.7. The second-order valence-corrected chi connectivity index (χ2v) is 5.63. The van der Waals surface area contributed by atoms with Crippen molar-refractivity contribution >= 4 is 17.7 Å². The highest BCUT2D eigenvalue weighted by atomic mass is 16.6. The van der Waals surface area contributed by atoms with Crippen LogP contribution in [0.2, 0.25) is 0 Å². The molecule has 0 spiro atoms. The van der Waals surface area contributed by atoms with E-state index in [0.717, 1.165) is 0 Å². The van der Waals surface area contributed by atoms with Crippen molar-refractivity contribution in [2.24, 2.45) is 0 Å². The molecule has 1 atom stereocenters. The van der Waals surface area contributed by atoms with Gasteiger partial charge in [0.05, 0.1) is 7.11 Å². The summed E-state index contributed by atoms with van der Waals surface area (Å²) >= 11 is 0. The zero-order valence-corrected chi connectivity index (χ0v) is 12.9. The largest absolute Gasteiger partial charge is 0.467 e. The van der Waals surface area contributed by atoms with Gasteiger partial charge in [0.2, 0.25) is 0 Å². The van der Waals surface area contributed by atoms with E-state index in [4.69, 9.17) is 4.74 Å². The quantitative estimate of drug-likeness (QED) is 0.837. The lowest BCUT2D eigenvalue weighted by Gasteiger charge is -2.20. The first-order chi connectivity index (χ1) is 9.64. The number of carbonyl (C=O) groups excluding carboxylic acids is 2. The van der Waals surface area contributed by atoms with Gasteiger partial charge in [0, 0.05) is 5.69 Å². The van der Waals surface area contributed by atoms with Crippen molar-refractivity contribution in [1.29, 1.82) is 0 Å². The number of hydrogen-bond donors (Lipinski definition) is 2. The number of amides is 1. The van der Waals surface area contributed by atoms with Crippen molar-refractivity contribution in [2.45, 2.75) is 39.4 Å². The van der Waals surface area contributed by atoms with Crippen molar-refractivity contribution < 1.29 is 24.2 Å². The number of ether oxygens (including phenoxy) is 2. The summed E-state index contributed by atoms with van der Waals surface area (Å²) in [7, 11) is 1.21. The van der Waals surface area contributed by atoms with Crippen molar-refractivity contribution in [3.8, 4) is 0 Å². The summed E-state index contributed by atoms with van der Waals surface area (Å²) in [5.74, 6) is -0.734. The van der Waals surface area contributed by atoms with Crippen LogP contribution in [0, 0.1) is 6.92 Å². The Labute approximate surface area is 124 Å². The fourth-order valence-electron chi connectivity index (χ4n) is 1.66. The van der Waals surface area contributed by atoms with Gasteiger partial charge in [0.25, 0.3) is 0 Å². The van der Waals surface area contributed by atoms with E-state index < -0.39 is 23.8 Å². The standard InChI is InChI=1S/C15H21NO5/c1-9-8-10(12(17)13(18)20-5)6-7-11(9)16-14(19)21-15(2,3)4/h6-8,12,17H,1-5H3,(H,16,19). The van der Waals surface area contributed by atoms with E-state index in [1.807, 2.05) is 0 Å². The molecule has 1 aromatic rings. The highest BCUT2D eigenvalue weighted by molar-refractivity contribution is 5.86. The number of anilines is 1. The van der Waals surface area contributed by atoms with Crippen LogP contribution >= 0.6 is 0 Å². The predicted octanol–water partition coefficient (Wildman–Crippen LogP) is 2.55. The molecule has 1 unspecified atom stereocenters. The first kappa shape index (κ1) is 17.0. The summed E-state index contributed by atoms with van der Waals surface area (Å²) in [5, 5.41) is 12.4. The van der Waals surface area contributed by atoms with Gasteiger partial charge in [-0.1, -0.05) is 12.1 Å². The zero-order valence-electron chi connectivity index (χ0n) is 12.9. The van der Waals surface area contributed by atoms with Gasteiger partial charge in [-0.25, -0.2) is 9.59 Å². The van der Waals surface area contributed by atoms with Crippen LogP contribution in [0.4, 0.5) is 10.5 Å². The summed E-state index contributed by atoms with van der Waals surface area (Å²) in [6.45, 7) is 7.07. The van der Waals surface area contributed by atoms with Gasteiger partial charge < -0.3 is 14.6 Å².